The third-order valence-corrected chi connectivity index (χ3v) is 6.69. The highest BCUT2D eigenvalue weighted by molar-refractivity contribution is 9.11. The fraction of sp³-hybridized carbons (Fsp3) is 0.500. The minimum atomic E-state index is -3.73. The molecule has 1 aromatic carbocycles. The average Bonchev–Trinajstić information content (AvgIpc) is 2.64. The molecule has 1 fully saturated rings. The predicted octanol–water partition coefficient (Wildman–Crippen LogP) is 4.11. The molecule has 0 spiro atoms. The van der Waals surface area contributed by atoms with Gasteiger partial charge in [-0.1, -0.05) is 41.6 Å². The van der Waals surface area contributed by atoms with Crippen LogP contribution in [-0.4, -0.2) is 14.0 Å². The summed E-state index contributed by atoms with van der Waals surface area (Å²) in [5.74, 6) is 0. The molecule has 1 N–H and O–H groups in total. The molecule has 0 saturated heterocycles. The number of hydrogen-bond acceptors (Lipinski definition) is 3. The van der Waals surface area contributed by atoms with Crippen LogP contribution >= 0.6 is 31.9 Å². The van der Waals surface area contributed by atoms with Gasteiger partial charge in [0.1, 0.15) is 5.54 Å². The second-order valence-corrected chi connectivity index (χ2v) is 8.71. The first-order chi connectivity index (χ1) is 9.88. The van der Waals surface area contributed by atoms with Crippen LogP contribution in [0.3, 0.4) is 0 Å². The Bertz CT molecular complexity index is 660. The van der Waals surface area contributed by atoms with Crippen LogP contribution in [0.25, 0.3) is 0 Å². The molecule has 1 saturated carbocycles. The Morgan fingerprint density at radius 1 is 1.14 bits per heavy atom. The first-order valence-electron chi connectivity index (χ1n) is 6.79. The lowest BCUT2D eigenvalue weighted by molar-refractivity contribution is 0.422. The quantitative estimate of drug-likeness (QED) is 0.726. The van der Waals surface area contributed by atoms with E-state index in [-0.39, 0.29) is 4.90 Å². The van der Waals surface area contributed by atoms with Gasteiger partial charge in [-0.25, -0.2) is 8.42 Å². The van der Waals surface area contributed by atoms with Gasteiger partial charge in [0.15, 0.2) is 0 Å². The standard InChI is InChI=1S/C14H16Br2N2O2S/c15-11-5-6-13(12(16)9-11)21(19,20)18-14(10-17)7-3-1-2-4-8-14/h5-6,9,18H,1-4,7-8H2. The van der Waals surface area contributed by atoms with Gasteiger partial charge in [-0.3, -0.25) is 0 Å². The van der Waals surface area contributed by atoms with Crippen molar-refractivity contribution in [2.45, 2.75) is 49.0 Å². The Balaban J connectivity index is 2.33. The fourth-order valence-electron chi connectivity index (χ4n) is 2.57. The van der Waals surface area contributed by atoms with Crippen molar-refractivity contribution in [3.05, 3.63) is 27.1 Å². The van der Waals surface area contributed by atoms with E-state index in [2.05, 4.69) is 42.7 Å². The van der Waals surface area contributed by atoms with Gasteiger partial charge in [0.2, 0.25) is 10.0 Å². The van der Waals surface area contributed by atoms with Crippen molar-refractivity contribution in [2.75, 3.05) is 0 Å². The van der Waals surface area contributed by atoms with Crippen LogP contribution in [0.1, 0.15) is 38.5 Å². The normalized spacial score (nSPS) is 18.7. The van der Waals surface area contributed by atoms with E-state index in [4.69, 9.17) is 0 Å². The summed E-state index contributed by atoms with van der Waals surface area (Å²) in [6, 6.07) is 7.08. The number of benzene rings is 1. The van der Waals surface area contributed by atoms with E-state index in [1.807, 2.05) is 0 Å². The van der Waals surface area contributed by atoms with Gasteiger partial charge in [0.05, 0.1) is 11.0 Å². The first kappa shape index (κ1) is 16.9. The average molecular weight is 436 g/mol. The summed E-state index contributed by atoms with van der Waals surface area (Å²) in [6.07, 6.45) is 4.98. The van der Waals surface area contributed by atoms with Crippen molar-refractivity contribution in [1.82, 2.24) is 4.72 Å². The zero-order valence-electron chi connectivity index (χ0n) is 11.4. The molecule has 1 aliphatic rings. The number of nitriles is 1. The van der Waals surface area contributed by atoms with Gasteiger partial charge < -0.3 is 0 Å². The third kappa shape index (κ3) is 4.07. The Kier molecular flexibility index (Phi) is 5.47. The van der Waals surface area contributed by atoms with Crippen LogP contribution in [0.2, 0.25) is 0 Å². The molecule has 0 aliphatic heterocycles. The molecule has 7 heteroatoms. The smallest absolute Gasteiger partial charge is 0.207 e. The van der Waals surface area contributed by atoms with E-state index in [0.717, 1.165) is 30.2 Å². The van der Waals surface area contributed by atoms with Crippen molar-refractivity contribution in [3.63, 3.8) is 0 Å². The minimum absolute atomic E-state index is 0.157. The molecule has 0 amide bonds. The molecule has 21 heavy (non-hydrogen) atoms. The molecule has 0 unspecified atom stereocenters. The van der Waals surface area contributed by atoms with Crippen molar-refractivity contribution >= 4 is 41.9 Å². The second-order valence-electron chi connectivity index (χ2n) is 5.29. The lowest BCUT2D eigenvalue weighted by Gasteiger charge is -2.26. The molecule has 4 nitrogen and oxygen atoms in total. The second kappa shape index (κ2) is 6.78. The Morgan fingerprint density at radius 2 is 1.76 bits per heavy atom. The van der Waals surface area contributed by atoms with Gasteiger partial charge in [-0.15, -0.1) is 0 Å². The predicted molar refractivity (Wildman–Crippen MR) is 88.2 cm³/mol. The molecule has 0 heterocycles. The maximum absolute atomic E-state index is 12.6. The van der Waals surface area contributed by atoms with E-state index in [9.17, 15) is 13.7 Å². The van der Waals surface area contributed by atoms with Crippen LogP contribution in [0.5, 0.6) is 0 Å². The van der Waals surface area contributed by atoms with Crippen LogP contribution in [0.4, 0.5) is 0 Å². The molecule has 0 radical (unpaired) electrons. The van der Waals surface area contributed by atoms with Gasteiger partial charge in [0.25, 0.3) is 0 Å². The molecule has 1 aromatic rings. The number of sulfonamides is 1. The summed E-state index contributed by atoms with van der Waals surface area (Å²) in [6.45, 7) is 0. The Hall–Kier alpha value is -0.420. The highest BCUT2D eigenvalue weighted by atomic mass is 79.9. The molecule has 2 rings (SSSR count). The molecule has 1 aliphatic carbocycles. The Morgan fingerprint density at radius 3 is 2.29 bits per heavy atom. The van der Waals surface area contributed by atoms with E-state index in [1.165, 1.54) is 6.07 Å². The maximum Gasteiger partial charge on any atom is 0.243 e. The summed E-state index contributed by atoms with van der Waals surface area (Å²) >= 11 is 6.57. The molecule has 114 valence electrons. The summed E-state index contributed by atoms with van der Waals surface area (Å²) in [5, 5.41) is 9.49. The first-order valence-corrected chi connectivity index (χ1v) is 9.86. The van der Waals surface area contributed by atoms with Crippen LogP contribution in [0.15, 0.2) is 32.0 Å². The summed E-state index contributed by atoms with van der Waals surface area (Å²) in [7, 11) is -3.73. The largest absolute Gasteiger partial charge is 0.243 e. The molecule has 0 bridgehead atoms. The lowest BCUT2D eigenvalue weighted by atomic mass is 9.94. The SMILES string of the molecule is N#CC1(NS(=O)(=O)c2ccc(Br)cc2Br)CCCCCC1. The van der Waals surface area contributed by atoms with E-state index < -0.39 is 15.6 Å². The summed E-state index contributed by atoms with van der Waals surface area (Å²) in [5.41, 5.74) is -0.984. The summed E-state index contributed by atoms with van der Waals surface area (Å²) in [4.78, 5) is 0.157. The summed E-state index contributed by atoms with van der Waals surface area (Å²) < 4.78 is 29.1. The number of halogens is 2. The zero-order chi connectivity index (χ0) is 15.5. The monoisotopic (exact) mass is 434 g/mol. The molecular weight excluding hydrogens is 420 g/mol. The van der Waals surface area contributed by atoms with Crippen molar-refractivity contribution < 1.29 is 8.42 Å². The molecular formula is C14H16Br2N2O2S. The zero-order valence-corrected chi connectivity index (χ0v) is 15.4. The van der Waals surface area contributed by atoms with Gasteiger partial charge in [-0.2, -0.15) is 9.98 Å². The third-order valence-electron chi connectivity index (χ3n) is 3.68. The number of rotatable bonds is 3. The van der Waals surface area contributed by atoms with Gasteiger partial charge in [-0.05, 0) is 47.0 Å². The van der Waals surface area contributed by atoms with Crippen LogP contribution in [0, 0.1) is 11.3 Å². The molecule has 0 aromatic heterocycles. The highest BCUT2D eigenvalue weighted by Crippen LogP contribution is 2.31. The minimum Gasteiger partial charge on any atom is -0.207 e. The lowest BCUT2D eigenvalue weighted by Crippen LogP contribution is -2.46. The topological polar surface area (TPSA) is 70.0 Å². The Labute approximate surface area is 142 Å². The number of nitrogens with one attached hydrogen (secondary N) is 1. The van der Waals surface area contributed by atoms with Gasteiger partial charge >= 0.3 is 0 Å². The van der Waals surface area contributed by atoms with Crippen LogP contribution in [-0.2, 0) is 10.0 Å². The van der Waals surface area contributed by atoms with E-state index >= 15 is 0 Å². The number of nitrogens with zero attached hydrogens (tertiary/aromatic N) is 1. The molecule has 0 atom stereocenters. The number of hydrogen-bond donors (Lipinski definition) is 1. The fourth-order valence-corrected chi connectivity index (χ4v) is 5.70. The van der Waals surface area contributed by atoms with E-state index in [0.29, 0.717) is 17.3 Å². The maximum atomic E-state index is 12.6. The van der Waals surface area contributed by atoms with Crippen molar-refractivity contribution in [2.24, 2.45) is 0 Å². The van der Waals surface area contributed by atoms with Crippen molar-refractivity contribution in [1.29, 1.82) is 5.26 Å². The van der Waals surface area contributed by atoms with Crippen LogP contribution < -0.4 is 4.72 Å². The van der Waals surface area contributed by atoms with Gasteiger partial charge in [0, 0.05) is 8.95 Å². The van der Waals surface area contributed by atoms with Crippen molar-refractivity contribution in [3.8, 4) is 6.07 Å². The highest BCUT2D eigenvalue weighted by Gasteiger charge is 2.36. The van der Waals surface area contributed by atoms with E-state index in [1.54, 1.807) is 12.1 Å².